The van der Waals surface area contributed by atoms with E-state index in [1.165, 1.54) is 34.2 Å². The Labute approximate surface area is 177 Å². The molecule has 0 amide bonds. The van der Waals surface area contributed by atoms with Crippen LogP contribution in [-0.2, 0) is 25.7 Å². The standard InChI is InChI=1S/C24H21F3N4/c1-15-3-2-4-20-17(11-28-22(15)20)13-31-10-9-21-18(14-31)12-29-23(30-21)16-5-7-19(8-6-16)24(25,26)27/h2-8,11-12,28H,9-10,13-14H2,1H3. The molecular formula is C24H21F3N4. The van der Waals surface area contributed by atoms with Crippen LogP contribution in [0.5, 0.6) is 0 Å². The normalized spacial score (nSPS) is 14.7. The van der Waals surface area contributed by atoms with Gasteiger partial charge in [0.25, 0.3) is 0 Å². The van der Waals surface area contributed by atoms with Crippen LogP contribution in [0.4, 0.5) is 13.2 Å². The van der Waals surface area contributed by atoms with Crippen LogP contribution in [0, 0.1) is 6.92 Å². The highest BCUT2D eigenvalue weighted by atomic mass is 19.4. The van der Waals surface area contributed by atoms with E-state index in [4.69, 9.17) is 0 Å². The summed E-state index contributed by atoms with van der Waals surface area (Å²) in [4.78, 5) is 14.8. The number of para-hydroxylation sites is 1. The maximum Gasteiger partial charge on any atom is 0.416 e. The fourth-order valence-electron chi connectivity index (χ4n) is 4.19. The van der Waals surface area contributed by atoms with Crippen LogP contribution < -0.4 is 0 Å². The highest BCUT2D eigenvalue weighted by Crippen LogP contribution is 2.31. The van der Waals surface area contributed by atoms with E-state index >= 15 is 0 Å². The van der Waals surface area contributed by atoms with Gasteiger partial charge in [0.1, 0.15) is 0 Å². The number of fused-ring (bicyclic) bond motifs is 2. The first-order valence-corrected chi connectivity index (χ1v) is 10.2. The molecule has 0 atom stereocenters. The molecule has 0 radical (unpaired) electrons. The van der Waals surface area contributed by atoms with Crippen LogP contribution >= 0.6 is 0 Å². The molecule has 3 heterocycles. The van der Waals surface area contributed by atoms with Gasteiger partial charge in [0.05, 0.1) is 11.3 Å². The van der Waals surface area contributed by atoms with Crippen LogP contribution in [0.25, 0.3) is 22.3 Å². The second kappa shape index (κ2) is 7.50. The Bertz CT molecular complexity index is 1240. The monoisotopic (exact) mass is 422 g/mol. The van der Waals surface area contributed by atoms with Crippen molar-refractivity contribution in [3.63, 3.8) is 0 Å². The first-order chi connectivity index (χ1) is 14.9. The average Bonchev–Trinajstić information content (AvgIpc) is 3.17. The summed E-state index contributed by atoms with van der Waals surface area (Å²) in [6.07, 6.45) is 0.327. The van der Waals surface area contributed by atoms with Gasteiger partial charge in [-0.15, -0.1) is 0 Å². The molecule has 5 rings (SSSR count). The molecule has 158 valence electrons. The van der Waals surface area contributed by atoms with Crippen LogP contribution in [-0.4, -0.2) is 26.4 Å². The predicted molar refractivity (Wildman–Crippen MR) is 113 cm³/mol. The lowest BCUT2D eigenvalue weighted by molar-refractivity contribution is -0.137. The van der Waals surface area contributed by atoms with Gasteiger partial charge < -0.3 is 4.98 Å². The molecule has 0 saturated carbocycles. The van der Waals surface area contributed by atoms with E-state index in [2.05, 4.69) is 51.2 Å². The minimum absolute atomic E-state index is 0.466. The summed E-state index contributed by atoms with van der Waals surface area (Å²) in [7, 11) is 0. The average molecular weight is 422 g/mol. The Balaban J connectivity index is 1.33. The number of rotatable bonds is 3. The second-order valence-electron chi connectivity index (χ2n) is 8.01. The Morgan fingerprint density at radius 2 is 1.90 bits per heavy atom. The number of aromatic amines is 1. The molecule has 0 spiro atoms. The highest BCUT2D eigenvalue weighted by Gasteiger charge is 2.30. The molecule has 0 unspecified atom stereocenters. The second-order valence-corrected chi connectivity index (χ2v) is 8.01. The molecule has 1 aliphatic rings. The lowest BCUT2D eigenvalue weighted by Gasteiger charge is -2.28. The van der Waals surface area contributed by atoms with Crippen molar-refractivity contribution in [2.45, 2.75) is 32.6 Å². The molecule has 0 bridgehead atoms. The fraction of sp³-hybridized carbons (Fsp3) is 0.250. The molecule has 4 nitrogen and oxygen atoms in total. The maximum atomic E-state index is 12.8. The van der Waals surface area contributed by atoms with Gasteiger partial charge in [-0.25, -0.2) is 9.97 Å². The third-order valence-electron chi connectivity index (χ3n) is 5.89. The van der Waals surface area contributed by atoms with E-state index in [9.17, 15) is 13.2 Å². The van der Waals surface area contributed by atoms with Gasteiger partial charge in [-0.2, -0.15) is 13.2 Å². The van der Waals surface area contributed by atoms with Gasteiger partial charge in [-0.1, -0.05) is 30.3 Å². The van der Waals surface area contributed by atoms with E-state index in [0.29, 0.717) is 11.4 Å². The molecule has 1 aliphatic heterocycles. The van der Waals surface area contributed by atoms with Crippen molar-refractivity contribution in [3.05, 3.63) is 82.8 Å². The number of halogens is 3. The van der Waals surface area contributed by atoms with Crippen molar-refractivity contribution >= 4 is 10.9 Å². The van der Waals surface area contributed by atoms with Crippen LogP contribution in [0.1, 0.15) is 27.9 Å². The van der Waals surface area contributed by atoms with E-state index in [1.807, 2.05) is 0 Å². The van der Waals surface area contributed by atoms with Crippen molar-refractivity contribution in [2.24, 2.45) is 0 Å². The van der Waals surface area contributed by atoms with Gasteiger partial charge >= 0.3 is 6.18 Å². The molecular weight excluding hydrogens is 401 g/mol. The number of benzene rings is 2. The number of nitrogens with one attached hydrogen (secondary N) is 1. The zero-order chi connectivity index (χ0) is 21.6. The summed E-state index contributed by atoms with van der Waals surface area (Å²) >= 11 is 0. The Morgan fingerprint density at radius 1 is 1.10 bits per heavy atom. The summed E-state index contributed by atoms with van der Waals surface area (Å²) in [5.41, 5.74) is 5.64. The number of nitrogens with zero attached hydrogens (tertiary/aromatic N) is 3. The molecule has 2 aromatic heterocycles. The van der Waals surface area contributed by atoms with E-state index in [0.717, 1.165) is 49.4 Å². The van der Waals surface area contributed by atoms with Crippen molar-refractivity contribution < 1.29 is 13.2 Å². The quantitative estimate of drug-likeness (QED) is 0.474. The van der Waals surface area contributed by atoms with Gasteiger partial charge in [-0.05, 0) is 30.2 Å². The van der Waals surface area contributed by atoms with Crippen molar-refractivity contribution in [3.8, 4) is 11.4 Å². The van der Waals surface area contributed by atoms with Crippen molar-refractivity contribution in [2.75, 3.05) is 6.54 Å². The number of H-pyrrole nitrogens is 1. The highest BCUT2D eigenvalue weighted by molar-refractivity contribution is 5.85. The van der Waals surface area contributed by atoms with Gasteiger partial charge in [0.2, 0.25) is 0 Å². The van der Waals surface area contributed by atoms with E-state index in [-0.39, 0.29) is 0 Å². The number of hydrogen-bond donors (Lipinski definition) is 1. The number of hydrogen-bond acceptors (Lipinski definition) is 3. The number of aryl methyl sites for hydroxylation is 1. The predicted octanol–water partition coefficient (Wildman–Crippen LogP) is 5.51. The zero-order valence-electron chi connectivity index (χ0n) is 17.0. The molecule has 0 fully saturated rings. The fourth-order valence-corrected chi connectivity index (χ4v) is 4.19. The summed E-state index contributed by atoms with van der Waals surface area (Å²) < 4.78 is 38.4. The molecule has 4 aromatic rings. The lowest BCUT2D eigenvalue weighted by Crippen LogP contribution is -2.30. The summed E-state index contributed by atoms with van der Waals surface area (Å²) in [5, 5.41) is 1.25. The first-order valence-electron chi connectivity index (χ1n) is 10.2. The van der Waals surface area contributed by atoms with Crippen molar-refractivity contribution in [1.29, 1.82) is 0 Å². The van der Waals surface area contributed by atoms with Gasteiger partial charge in [-0.3, -0.25) is 4.90 Å². The minimum Gasteiger partial charge on any atom is -0.361 e. The van der Waals surface area contributed by atoms with Gasteiger partial charge in [0, 0.05) is 60.5 Å². The first kappa shape index (κ1) is 19.8. The minimum atomic E-state index is -4.35. The number of aromatic nitrogens is 3. The SMILES string of the molecule is Cc1cccc2c(CN3CCc4nc(-c5ccc(C(F)(F)F)cc5)ncc4C3)c[nH]c12. The van der Waals surface area contributed by atoms with Gasteiger partial charge in [0.15, 0.2) is 5.82 Å². The molecule has 31 heavy (non-hydrogen) atoms. The third kappa shape index (κ3) is 3.81. The van der Waals surface area contributed by atoms with Crippen molar-refractivity contribution in [1.82, 2.24) is 19.9 Å². The van der Waals surface area contributed by atoms with Crippen LogP contribution in [0.2, 0.25) is 0 Å². The maximum absolute atomic E-state index is 12.8. The topological polar surface area (TPSA) is 44.8 Å². The summed E-state index contributed by atoms with van der Waals surface area (Å²) in [6, 6.07) is 11.3. The summed E-state index contributed by atoms with van der Waals surface area (Å²) in [5.74, 6) is 0.466. The smallest absolute Gasteiger partial charge is 0.361 e. The lowest BCUT2D eigenvalue weighted by atomic mass is 10.0. The Hall–Kier alpha value is -3.19. The summed E-state index contributed by atoms with van der Waals surface area (Å²) in [6.45, 7) is 4.56. The van der Waals surface area contributed by atoms with Crippen LogP contribution in [0.3, 0.4) is 0 Å². The third-order valence-corrected chi connectivity index (χ3v) is 5.89. The molecule has 1 N–H and O–H groups in total. The molecule has 0 saturated heterocycles. The molecule has 2 aromatic carbocycles. The molecule has 0 aliphatic carbocycles. The Morgan fingerprint density at radius 3 is 2.68 bits per heavy atom. The number of alkyl halides is 3. The van der Waals surface area contributed by atoms with Crippen LogP contribution in [0.15, 0.2) is 54.9 Å². The molecule has 7 heteroatoms. The van der Waals surface area contributed by atoms with E-state index in [1.54, 1.807) is 6.20 Å². The zero-order valence-corrected chi connectivity index (χ0v) is 17.0. The Kier molecular flexibility index (Phi) is 4.78. The largest absolute Gasteiger partial charge is 0.416 e. The van der Waals surface area contributed by atoms with E-state index < -0.39 is 11.7 Å².